The molecular formula is C16H27F3N2. The summed E-state index contributed by atoms with van der Waals surface area (Å²) < 4.78 is 37.1. The fourth-order valence-corrected chi connectivity index (χ4v) is 4.22. The molecule has 1 N–H and O–H groups in total. The van der Waals surface area contributed by atoms with Crippen LogP contribution in [0.25, 0.3) is 0 Å². The second kappa shape index (κ2) is 6.45. The first-order valence-corrected chi connectivity index (χ1v) is 8.52. The topological polar surface area (TPSA) is 15.3 Å². The zero-order valence-electron chi connectivity index (χ0n) is 12.7. The van der Waals surface area contributed by atoms with Crippen molar-refractivity contribution in [3.05, 3.63) is 0 Å². The van der Waals surface area contributed by atoms with Crippen LogP contribution in [0, 0.1) is 17.8 Å². The number of halogens is 3. The number of nitrogens with zero attached hydrogens (tertiary/aromatic N) is 1. The molecule has 0 aromatic heterocycles. The van der Waals surface area contributed by atoms with Gasteiger partial charge in [0.1, 0.15) is 0 Å². The fraction of sp³-hybridized carbons (Fsp3) is 1.00. The standard InChI is InChI=1S/C16H27F3N2/c17-16(18,19)11-21-7-6-12(10-21)9-20-15-3-1-2-14(8-15)13-4-5-13/h12-15,20H,1-11H2. The quantitative estimate of drug-likeness (QED) is 0.837. The van der Waals surface area contributed by atoms with E-state index < -0.39 is 12.7 Å². The summed E-state index contributed by atoms with van der Waals surface area (Å²) in [7, 11) is 0. The molecule has 1 saturated heterocycles. The van der Waals surface area contributed by atoms with Gasteiger partial charge in [-0.05, 0) is 62.9 Å². The Hall–Kier alpha value is -0.290. The van der Waals surface area contributed by atoms with Crippen LogP contribution in [0.1, 0.15) is 44.9 Å². The third-order valence-corrected chi connectivity index (χ3v) is 5.47. The lowest BCUT2D eigenvalue weighted by Crippen LogP contribution is -2.38. The molecule has 5 heteroatoms. The second-order valence-electron chi connectivity index (χ2n) is 7.37. The molecule has 0 radical (unpaired) electrons. The molecule has 2 saturated carbocycles. The minimum absolute atomic E-state index is 0.397. The van der Waals surface area contributed by atoms with E-state index in [1.807, 2.05) is 0 Å². The highest BCUT2D eigenvalue weighted by atomic mass is 19.4. The molecule has 0 amide bonds. The Bertz CT molecular complexity index is 341. The third kappa shape index (κ3) is 4.85. The molecule has 3 rings (SSSR count). The first-order valence-electron chi connectivity index (χ1n) is 8.52. The smallest absolute Gasteiger partial charge is 0.314 e. The van der Waals surface area contributed by atoms with Crippen LogP contribution in [-0.2, 0) is 0 Å². The van der Waals surface area contributed by atoms with Gasteiger partial charge in [-0.2, -0.15) is 13.2 Å². The van der Waals surface area contributed by atoms with Crippen molar-refractivity contribution < 1.29 is 13.2 Å². The van der Waals surface area contributed by atoms with Gasteiger partial charge in [0.25, 0.3) is 0 Å². The molecule has 0 aromatic rings. The van der Waals surface area contributed by atoms with Crippen molar-refractivity contribution in [2.45, 2.75) is 57.2 Å². The Kier molecular flexibility index (Phi) is 4.79. The summed E-state index contributed by atoms with van der Waals surface area (Å²) in [6.07, 6.45) is 4.96. The van der Waals surface area contributed by atoms with Crippen molar-refractivity contribution in [2.75, 3.05) is 26.2 Å². The summed E-state index contributed by atoms with van der Waals surface area (Å²) in [5.41, 5.74) is 0. The van der Waals surface area contributed by atoms with Crippen molar-refractivity contribution in [3.8, 4) is 0 Å². The number of alkyl halides is 3. The molecule has 2 aliphatic carbocycles. The zero-order chi connectivity index (χ0) is 14.9. The summed E-state index contributed by atoms with van der Waals surface area (Å²) in [5, 5.41) is 3.65. The van der Waals surface area contributed by atoms with Crippen molar-refractivity contribution in [1.29, 1.82) is 0 Å². The highest BCUT2D eigenvalue weighted by molar-refractivity contribution is 4.88. The van der Waals surface area contributed by atoms with Crippen molar-refractivity contribution in [2.24, 2.45) is 17.8 Å². The second-order valence-corrected chi connectivity index (χ2v) is 7.37. The summed E-state index contributed by atoms with van der Waals surface area (Å²) in [6, 6.07) is 0.612. The molecule has 1 heterocycles. The highest BCUT2D eigenvalue weighted by Crippen LogP contribution is 2.43. The molecule has 0 aromatic carbocycles. The van der Waals surface area contributed by atoms with Crippen molar-refractivity contribution in [3.63, 3.8) is 0 Å². The van der Waals surface area contributed by atoms with E-state index >= 15 is 0 Å². The van der Waals surface area contributed by atoms with Gasteiger partial charge in [0.15, 0.2) is 0 Å². The van der Waals surface area contributed by atoms with E-state index in [2.05, 4.69) is 5.32 Å². The summed E-state index contributed by atoms with van der Waals surface area (Å²) in [6.45, 7) is 1.36. The Morgan fingerprint density at radius 1 is 1.00 bits per heavy atom. The first kappa shape index (κ1) is 15.6. The molecule has 21 heavy (non-hydrogen) atoms. The first-order chi connectivity index (χ1) is 9.99. The van der Waals surface area contributed by atoms with Crippen molar-refractivity contribution in [1.82, 2.24) is 10.2 Å². The molecule has 3 unspecified atom stereocenters. The fourth-order valence-electron chi connectivity index (χ4n) is 4.22. The lowest BCUT2D eigenvalue weighted by Gasteiger charge is -2.30. The van der Waals surface area contributed by atoms with E-state index in [1.54, 1.807) is 4.90 Å². The normalized spacial score (nSPS) is 35.3. The molecule has 0 spiro atoms. The van der Waals surface area contributed by atoms with Gasteiger partial charge in [0, 0.05) is 12.6 Å². The summed E-state index contributed by atoms with van der Waals surface area (Å²) in [4.78, 5) is 1.56. The van der Waals surface area contributed by atoms with Crippen LogP contribution >= 0.6 is 0 Å². The minimum Gasteiger partial charge on any atom is -0.314 e. The number of nitrogens with one attached hydrogen (secondary N) is 1. The molecule has 3 fully saturated rings. The Morgan fingerprint density at radius 3 is 2.52 bits per heavy atom. The van der Waals surface area contributed by atoms with Gasteiger partial charge in [-0.25, -0.2) is 0 Å². The molecule has 122 valence electrons. The van der Waals surface area contributed by atoms with Crippen LogP contribution in [0.15, 0.2) is 0 Å². The molecule has 0 bridgehead atoms. The highest BCUT2D eigenvalue weighted by Gasteiger charge is 2.36. The zero-order valence-corrected chi connectivity index (χ0v) is 12.7. The Balaban J connectivity index is 1.35. The van der Waals surface area contributed by atoms with Crippen molar-refractivity contribution >= 4 is 0 Å². The van der Waals surface area contributed by atoms with Gasteiger partial charge in [0.05, 0.1) is 6.54 Å². The number of likely N-dealkylation sites (tertiary alicyclic amines) is 1. The molecular weight excluding hydrogens is 277 g/mol. The predicted octanol–water partition coefficient (Wildman–Crippen LogP) is 3.43. The van der Waals surface area contributed by atoms with E-state index in [9.17, 15) is 13.2 Å². The average molecular weight is 304 g/mol. The number of rotatable bonds is 5. The maximum atomic E-state index is 12.4. The van der Waals surface area contributed by atoms with Gasteiger partial charge < -0.3 is 5.32 Å². The minimum atomic E-state index is -4.05. The van der Waals surface area contributed by atoms with E-state index in [4.69, 9.17) is 0 Å². The molecule has 2 nitrogen and oxygen atoms in total. The largest absolute Gasteiger partial charge is 0.401 e. The van der Waals surface area contributed by atoms with Crippen LogP contribution in [0.3, 0.4) is 0 Å². The third-order valence-electron chi connectivity index (χ3n) is 5.47. The molecule has 3 atom stereocenters. The summed E-state index contributed by atoms with van der Waals surface area (Å²) >= 11 is 0. The monoisotopic (exact) mass is 304 g/mol. The number of hydrogen-bond donors (Lipinski definition) is 1. The van der Waals surface area contributed by atoms with E-state index in [1.165, 1.54) is 38.5 Å². The van der Waals surface area contributed by atoms with Crippen LogP contribution < -0.4 is 5.32 Å². The molecule has 1 aliphatic heterocycles. The van der Waals surface area contributed by atoms with E-state index in [-0.39, 0.29) is 0 Å². The lowest BCUT2D eigenvalue weighted by molar-refractivity contribution is -0.143. The van der Waals surface area contributed by atoms with Crippen LogP contribution in [-0.4, -0.2) is 43.3 Å². The van der Waals surface area contributed by atoms with Crippen LogP contribution in [0.5, 0.6) is 0 Å². The van der Waals surface area contributed by atoms with E-state index in [0.717, 1.165) is 24.8 Å². The SMILES string of the molecule is FC(F)(F)CN1CCC(CNC2CCCC(C3CC3)C2)C1. The van der Waals surface area contributed by atoms with Gasteiger partial charge in [-0.15, -0.1) is 0 Å². The molecule has 3 aliphatic rings. The van der Waals surface area contributed by atoms with Crippen LogP contribution in [0.2, 0.25) is 0 Å². The van der Waals surface area contributed by atoms with Gasteiger partial charge >= 0.3 is 6.18 Å². The maximum absolute atomic E-state index is 12.4. The van der Waals surface area contributed by atoms with Crippen LogP contribution in [0.4, 0.5) is 13.2 Å². The van der Waals surface area contributed by atoms with Gasteiger partial charge in [-0.1, -0.05) is 12.8 Å². The average Bonchev–Trinajstić information content (AvgIpc) is 3.18. The van der Waals surface area contributed by atoms with Gasteiger partial charge in [0.2, 0.25) is 0 Å². The Morgan fingerprint density at radius 2 is 1.81 bits per heavy atom. The maximum Gasteiger partial charge on any atom is 0.401 e. The predicted molar refractivity (Wildman–Crippen MR) is 77.1 cm³/mol. The number of hydrogen-bond acceptors (Lipinski definition) is 2. The van der Waals surface area contributed by atoms with Gasteiger partial charge in [-0.3, -0.25) is 4.90 Å². The van der Waals surface area contributed by atoms with E-state index in [0.29, 0.717) is 25.0 Å². The summed E-state index contributed by atoms with van der Waals surface area (Å²) in [5.74, 6) is 2.30. The lowest BCUT2D eigenvalue weighted by atomic mass is 9.82. The Labute approximate surface area is 125 Å².